The maximum Gasteiger partial charge on any atom is 0.213 e. The van der Waals surface area contributed by atoms with Crippen LogP contribution in [0.4, 0.5) is 0 Å². The first kappa shape index (κ1) is 18.5. The number of guanidine groups is 1. The van der Waals surface area contributed by atoms with E-state index in [2.05, 4.69) is 29.0 Å². The first-order valence-corrected chi connectivity index (χ1v) is 8.99. The molecule has 0 bridgehead atoms. The van der Waals surface area contributed by atoms with Gasteiger partial charge in [0.1, 0.15) is 0 Å². The fourth-order valence-corrected chi connectivity index (χ4v) is 2.84. The van der Waals surface area contributed by atoms with Gasteiger partial charge in [-0.1, -0.05) is 0 Å². The highest BCUT2D eigenvalue weighted by Gasteiger charge is 2.21. The van der Waals surface area contributed by atoms with Gasteiger partial charge in [-0.3, -0.25) is 0 Å². The zero-order chi connectivity index (χ0) is 17.2. The van der Waals surface area contributed by atoms with Crippen LogP contribution in [0.5, 0.6) is 5.88 Å². The largest absolute Gasteiger partial charge is 0.478 e. The van der Waals surface area contributed by atoms with E-state index in [1.54, 1.807) is 6.20 Å². The van der Waals surface area contributed by atoms with E-state index in [1.807, 2.05) is 19.1 Å². The minimum atomic E-state index is 0.392. The van der Waals surface area contributed by atoms with E-state index in [-0.39, 0.29) is 0 Å². The second-order valence-electron chi connectivity index (χ2n) is 5.75. The summed E-state index contributed by atoms with van der Waals surface area (Å²) in [5.74, 6) is 1.63. The quantitative estimate of drug-likeness (QED) is 0.613. The van der Waals surface area contributed by atoms with E-state index in [4.69, 9.17) is 14.5 Å². The van der Waals surface area contributed by atoms with Gasteiger partial charge < -0.3 is 19.7 Å². The fraction of sp³-hybridized carbons (Fsp3) is 0.667. The number of piperidine rings is 1. The third-order valence-corrected chi connectivity index (χ3v) is 3.98. The van der Waals surface area contributed by atoms with E-state index in [1.165, 1.54) is 0 Å². The Morgan fingerprint density at radius 1 is 1.29 bits per heavy atom. The van der Waals surface area contributed by atoms with Crippen molar-refractivity contribution < 1.29 is 9.47 Å². The van der Waals surface area contributed by atoms with Crippen molar-refractivity contribution in [2.45, 2.75) is 46.3 Å². The second-order valence-corrected chi connectivity index (χ2v) is 5.75. The molecule has 0 saturated carbocycles. The standard InChI is InChI=1S/C18H30N4O2/c1-4-19-18(22-11-8-16(9-12-22)23-5-2)21-14-15-7-10-20-17(13-15)24-6-3/h7,10,13,16H,4-6,8-9,11-12,14H2,1-3H3,(H,19,21). The third kappa shape index (κ3) is 5.67. The molecule has 1 fully saturated rings. The number of hydrogen-bond donors (Lipinski definition) is 1. The van der Waals surface area contributed by atoms with Crippen molar-refractivity contribution in [2.24, 2.45) is 4.99 Å². The molecule has 1 N–H and O–H groups in total. The van der Waals surface area contributed by atoms with Crippen molar-refractivity contribution in [1.29, 1.82) is 0 Å². The molecule has 1 aromatic heterocycles. The van der Waals surface area contributed by atoms with Gasteiger partial charge in [-0.2, -0.15) is 0 Å². The van der Waals surface area contributed by atoms with Crippen molar-refractivity contribution >= 4 is 5.96 Å². The zero-order valence-corrected chi connectivity index (χ0v) is 15.1. The number of rotatable bonds is 7. The number of nitrogens with zero attached hydrogens (tertiary/aromatic N) is 3. The van der Waals surface area contributed by atoms with Gasteiger partial charge >= 0.3 is 0 Å². The van der Waals surface area contributed by atoms with Crippen LogP contribution in [0.1, 0.15) is 39.2 Å². The van der Waals surface area contributed by atoms with Crippen molar-refractivity contribution in [3.8, 4) is 5.88 Å². The van der Waals surface area contributed by atoms with Crippen molar-refractivity contribution in [3.05, 3.63) is 23.9 Å². The summed E-state index contributed by atoms with van der Waals surface area (Å²) < 4.78 is 11.2. The van der Waals surface area contributed by atoms with E-state index < -0.39 is 0 Å². The highest BCUT2D eigenvalue weighted by Crippen LogP contribution is 2.15. The minimum absolute atomic E-state index is 0.392. The van der Waals surface area contributed by atoms with Crippen LogP contribution in [0.2, 0.25) is 0 Å². The summed E-state index contributed by atoms with van der Waals surface area (Å²) in [6.45, 7) is 11.0. The molecule has 0 spiro atoms. The SMILES string of the molecule is CCNC(=NCc1ccnc(OCC)c1)N1CCC(OCC)CC1. The summed E-state index contributed by atoms with van der Waals surface area (Å²) in [6, 6.07) is 3.94. The van der Waals surface area contributed by atoms with Crippen LogP contribution < -0.4 is 10.1 Å². The number of likely N-dealkylation sites (tertiary alicyclic amines) is 1. The third-order valence-electron chi connectivity index (χ3n) is 3.98. The van der Waals surface area contributed by atoms with Gasteiger partial charge in [-0.15, -0.1) is 0 Å². The van der Waals surface area contributed by atoms with Crippen LogP contribution in [0, 0.1) is 0 Å². The second kappa shape index (κ2) is 10.1. The highest BCUT2D eigenvalue weighted by atomic mass is 16.5. The summed E-state index contributed by atoms with van der Waals surface area (Å²) in [7, 11) is 0. The van der Waals surface area contributed by atoms with Gasteiger partial charge in [0.25, 0.3) is 0 Å². The first-order chi connectivity index (χ1) is 11.8. The molecular weight excluding hydrogens is 304 g/mol. The summed E-state index contributed by atoms with van der Waals surface area (Å²) >= 11 is 0. The Bertz CT molecular complexity index is 513. The Kier molecular flexibility index (Phi) is 7.82. The molecule has 1 saturated heterocycles. The summed E-state index contributed by atoms with van der Waals surface area (Å²) in [5, 5.41) is 3.40. The fourth-order valence-electron chi connectivity index (χ4n) is 2.84. The molecule has 6 heteroatoms. The number of ether oxygens (including phenoxy) is 2. The molecule has 0 atom stereocenters. The molecule has 2 heterocycles. The zero-order valence-electron chi connectivity index (χ0n) is 15.1. The van der Waals surface area contributed by atoms with E-state index in [0.717, 1.165) is 50.6 Å². The Hall–Kier alpha value is -1.82. The summed E-state index contributed by atoms with van der Waals surface area (Å²) in [5.41, 5.74) is 1.10. The van der Waals surface area contributed by atoms with Crippen molar-refractivity contribution in [2.75, 3.05) is 32.8 Å². The number of aliphatic imine (C=N–C) groups is 1. The predicted molar refractivity (Wildman–Crippen MR) is 96.4 cm³/mol. The minimum Gasteiger partial charge on any atom is -0.478 e. The average molecular weight is 334 g/mol. The lowest BCUT2D eigenvalue weighted by molar-refractivity contribution is 0.0263. The molecule has 0 amide bonds. The molecule has 6 nitrogen and oxygen atoms in total. The average Bonchev–Trinajstić information content (AvgIpc) is 2.60. The molecule has 0 radical (unpaired) electrons. The summed E-state index contributed by atoms with van der Waals surface area (Å²) in [6.07, 6.45) is 4.28. The summed E-state index contributed by atoms with van der Waals surface area (Å²) in [4.78, 5) is 11.3. The van der Waals surface area contributed by atoms with Gasteiger partial charge in [0.2, 0.25) is 5.88 Å². The lowest BCUT2D eigenvalue weighted by Crippen LogP contribution is -2.47. The van der Waals surface area contributed by atoms with Crippen LogP contribution in [0.15, 0.2) is 23.3 Å². The molecule has 0 aliphatic carbocycles. The molecule has 134 valence electrons. The van der Waals surface area contributed by atoms with Crippen LogP contribution in [-0.2, 0) is 11.3 Å². The smallest absolute Gasteiger partial charge is 0.213 e. The van der Waals surface area contributed by atoms with Crippen LogP contribution >= 0.6 is 0 Å². The number of nitrogens with one attached hydrogen (secondary N) is 1. The number of hydrogen-bond acceptors (Lipinski definition) is 4. The monoisotopic (exact) mass is 334 g/mol. The predicted octanol–water partition coefficient (Wildman–Crippen LogP) is 2.45. The molecule has 1 aromatic rings. The van der Waals surface area contributed by atoms with E-state index in [0.29, 0.717) is 25.1 Å². The molecule has 2 rings (SSSR count). The van der Waals surface area contributed by atoms with Crippen LogP contribution in [0.25, 0.3) is 0 Å². The van der Waals surface area contributed by atoms with Crippen LogP contribution in [0.3, 0.4) is 0 Å². The Labute approximate surface area is 145 Å². The van der Waals surface area contributed by atoms with E-state index in [9.17, 15) is 0 Å². The normalized spacial score (nSPS) is 16.3. The Morgan fingerprint density at radius 2 is 2.08 bits per heavy atom. The number of aromatic nitrogens is 1. The number of pyridine rings is 1. The van der Waals surface area contributed by atoms with Crippen molar-refractivity contribution in [3.63, 3.8) is 0 Å². The Balaban J connectivity index is 1.97. The lowest BCUT2D eigenvalue weighted by Gasteiger charge is -2.34. The van der Waals surface area contributed by atoms with E-state index >= 15 is 0 Å². The van der Waals surface area contributed by atoms with Crippen LogP contribution in [-0.4, -0.2) is 54.8 Å². The highest BCUT2D eigenvalue weighted by molar-refractivity contribution is 5.80. The van der Waals surface area contributed by atoms with Gasteiger partial charge in [0, 0.05) is 38.5 Å². The molecule has 0 aromatic carbocycles. The Morgan fingerprint density at radius 3 is 2.75 bits per heavy atom. The molecule has 1 aliphatic rings. The topological polar surface area (TPSA) is 59.0 Å². The lowest BCUT2D eigenvalue weighted by atomic mass is 10.1. The van der Waals surface area contributed by atoms with Crippen molar-refractivity contribution in [1.82, 2.24) is 15.2 Å². The molecule has 1 aliphatic heterocycles. The van der Waals surface area contributed by atoms with Gasteiger partial charge in [-0.05, 0) is 45.2 Å². The maximum atomic E-state index is 5.73. The molecule has 24 heavy (non-hydrogen) atoms. The molecule has 0 unspecified atom stereocenters. The maximum absolute atomic E-state index is 5.73. The molecular formula is C18H30N4O2. The van der Waals surface area contributed by atoms with Gasteiger partial charge in [0.05, 0.1) is 19.3 Å². The first-order valence-electron chi connectivity index (χ1n) is 8.99. The van der Waals surface area contributed by atoms with Gasteiger partial charge in [-0.25, -0.2) is 9.98 Å². The van der Waals surface area contributed by atoms with Gasteiger partial charge in [0.15, 0.2) is 5.96 Å².